The Bertz CT molecular complexity index is 448. The van der Waals surface area contributed by atoms with Crippen molar-refractivity contribution >= 4 is 22.4 Å². The van der Waals surface area contributed by atoms with Gasteiger partial charge in [0, 0.05) is 37.7 Å². The molecule has 1 amide bonds. The number of anilines is 1. The molecule has 1 aromatic heterocycles. The molecule has 0 saturated carbocycles. The molecule has 2 aliphatic heterocycles. The fraction of sp³-hybridized carbons (Fsp3) is 0.727. The molecule has 0 aromatic carbocycles. The minimum Gasteiger partial charge on any atom is -0.377 e. The number of hydrogen-bond acceptors (Lipinski definition) is 6. The summed E-state index contributed by atoms with van der Waals surface area (Å²) in [5.74, 6) is 0.387. The molecular weight excluding hydrogens is 250 g/mol. The average Bonchev–Trinajstić information content (AvgIpc) is 2.98. The lowest BCUT2D eigenvalue weighted by molar-refractivity contribution is -0.124. The predicted molar refractivity (Wildman–Crippen MR) is 69.4 cm³/mol. The topological polar surface area (TPSA) is 70.2 Å². The van der Waals surface area contributed by atoms with E-state index in [-0.39, 0.29) is 11.8 Å². The number of fused-ring (bicyclic) bond motifs is 1. The first-order valence-electron chi connectivity index (χ1n) is 6.30. The van der Waals surface area contributed by atoms with E-state index in [1.807, 2.05) is 7.05 Å². The Hall–Kier alpha value is -1.21. The Kier molecular flexibility index (Phi) is 3.17. The summed E-state index contributed by atoms with van der Waals surface area (Å²) in [5, 5.41) is 11.3. The molecular formula is C11H17N5OS. The van der Waals surface area contributed by atoms with Crippen LogP contribution in [0, 0.1) is 5.92 Å². The normalized spacial score (nSPS) is 27.9. The number of carbonyl (C=O) groups is 1. The number of nitrogens with zero attached hydrogens (tertiary/aromatic N) is 3. The standard InChI is InChI=1S/C11H17N5OS/c1-12-11-8(14-15-18-11)6-16-4-2-3-7-9(16)5-13-10(7)17/h7,9,12H,2-6H2,1H3,(H,13,17). The zero-order chi connectivity index (χ0) is 12.5. The number of aromatic nitrogens is 2. The number of rotatable bonds is 3. The summed E-state index contributed by atoms with van der Waals surface area (Å²) < 4.78 is 3.98. The second kappa shape index (κ2) is 4.81. The molecule has 1 aromatic rings. The van der Waals surface area contributed by atoms with Crippen LogP contribution in [0.4, 0.5) is 5.00 Å². The molecule has 18 heavy (non-hydrogen) atoms. The number of carbonyl (C=O) groups excluding carboxylic acids is 1. The van der Waals surface area contributed by atoms with Gasteiger partial charge >= 0.3 is 0 Å². The molecule has 2 unspecified atom stereocenters. The van der Waals surface area contributed by atoms with Gasteiger partial charge in [-0.2, -0.15) is 0 Å². The number of nitrogens with one attached hydrogen (secondary N) is 2. The van der Waals surface area contributed by atoms with Gasteiger partial charge in [0.2, 0.25) is 5.91 Å². The minimum atomic E-state index is 0.170. The quantitative estimate of drug-likeness (QED) is 0.824. The summed E-state index contributed by atoms with van der Waals surface area (Å²) in [6.07, 6.45) is 2.10. The Morgan fingerprint density at radius 2 is 2.50 bits per heavy atom. The molecule has 0 bridgehead atoms. The van der Waals surface area contributed by atoms with Crippen LogP contribution in [0.25, 0.3) is 0 Å². The van der Waals surface area contributed by atoms with E-state index in [0.717, 1.165) is 43.2 Å². The highest BCUT2D eigenvalue weighted by molar-refractivity contribution is 7.10. The second-order valence-corrected chi connectivity index (χ2v) is 5.58. The lowest BCUT2D eigenvalue weighted by Gasteiger charge is -2.35. The lowest BCUT2D eigenvalue weighted by atomic mass is 9.91. The maximum atomic E-state index is 11.7. The first-order chi connectivity index (χ1) is 8.79. The van der Waals surface area contributed by atoms with E-state index < -0.39 is 0 Å². The third-order valence-corrected chi connectivity index (χ3v) is 4.64. The first-order valence-corrected chi connectivity index (χ1v) is 7.07. The largest absolute Gasteiger partial charge is 0.377 e. The van der Waals surface area contributed by atoms with Gasteiger partial charge < -0.3 is 10.6 Å². The van der Waals surface area contributed by atoms with Gasteiger partial charge in [-0.3, -0.25) is 9.69 Å². The van der Waals surface area contributed by atoms with Gasteiger partial charge in [-0.25, -0.2) is 0 Å². The fourth-order valence-electron chi connectivity index (χ4n) is 2.93. The Morgan fingerprint density at radius 1 is 1.61 bits per heavy atom. The van der Waals surface area contributed by atoms with Crippen molar-refractivity contribution in [2.75, 3.05) is 25.5 Å². The molecule has 2 aliphatic rings. The van der Waals surface area contributed by atoms with Crippen LogP contribution >= 0.6 is 11.5 Å². The zero-order valence-electron chi connectivity index (χ0n) is 10.3. The van der Waals surface area contributed by atoms with Crippen molar-refractivity contribution in [2.24, 2.45) is 5.92 Å². The first kappa shape index (κ1) is 11.9. The molecule has 7 heteroatoms. The highest BCUT2D eigenvalue weighted by atomic mass is 32.1. The number of hydrogen-bond donors (Lipinski definition) is 2. The molecule has 3 rings (SSSR count). The molecule has 2 atom stereocenters. The van der Waals surface area contributed by atoms with Gasteiger partial charge in [0.05, 0.1) is 5.92 Å². The van der Waals surface area contributed by atoms with Gasteiger partial charge in [0.25, 0.3) is 0 Å². The van der Waals surface area contributed by atoms with Crippen molar-refractivity contribution in [2.45, 2.75) is 25.4 Å². The van der Waals surface area contributed by atoms with E-state index in [4.69, 9.17) is 0 Å². The van der Waals surface area contributed by atoms with Crippen molar-refractivity contribution in [1.29, 1.82) is 0 Å². The van der Waals surface area contributed by atoms with Crippen LogP contribution in [0.1, 0.15) is 18.5 Å². The van der Waals surface area contributed by atoms with E-state index in [1.54, 1.807) is 0 Å². The van der Waals surface area contributed by atoms with E-state index >= 15 is 0 Å². The molecule has 0 aliphatic carbocycles. The number of likely N-dealkylation sites (tertiary alicyclic amines) is 1. The Balaban J connectivity index is 1.74. The molecule has 0 spiro atoms. The van der Waals surface area contributed by atoms with Crippen molar-refractivity contribution in [3.63, 3.8) is 0 Å². The third kappa shape index (κ3) is 1.97. The lowest BCUT2D eigenvalue weighted by Crippen LogP contribution is -2.45. The van der Waals surface area contributed by atoms with Gasteiger partial charge in [-0.15, -0.1) is 5.10 Å². The van der Waals surface area contributed by atoms with Crippen LogP contribution in [0.5, 0.6) is 0 Å². The molecule has 98 valence electrons. The highest BCUT2D eigenvalue weighted by Gasteiger charge is 2.40. The minimum absolute atomic E-state index is 0.170. The van der Waals surface area contributed by atoms with Crippen LogP contribution in [0.3, 0.4) is 0 Å². The zero-order valence-corrected chi connectivity index (χ0v) is 11.2. The smallest absolute Gasteiger partial charge is 0.224 e. The monoisotopic (exact) mass is 267 g/mol. The van der Waals surface area contributed by atoms with Crippen molar-refractivity contribution < 1.29 is 4.79 Å². The number of amides is 1. The summed E-state index contributed by atoms with van der Waals surface area (Å²) in [4.78, 5) is 14.1. The summed E-state index contributed by atoms with van der Waals surface area (Å²) in [5.41, 5.74) is 0.988. The van der Waals surface area contributed by atoms with Crippen molar-refractivity contribution in [3.05, 3.63) is 5.69 Å². The van der Waals surface area contributed by atoms with Gasteiger partial charge in [-0.1, -0.05) is 4.49 Å². The predicted octanol–water partition coefficient (Wildman–Crippen LogP) is 0.290. The van der Waals surface area contributed by atoms with Gasteiger partial charge in [0.15, 0.2) is 0 Å². The SMILES string of the molecule is CNc1snnc1CN1CCCC2C(=O)NCC21. The molecule has 2 N–H and O–H groups in total. The van der Waals surface area contributed by atoms with Crippen LogP contribution in [-0.2, 0) is 11.3 Å². The van der Waals surface area contributed by atoms with Crippen LogP contribution in [0.15, 0.2) is 0 Å². The molecule has 2 fully saturated rings. The summed E-state index contributed by atoms with van der Waals surface area (Å²) in [7, 11) is 1.89. The average molecular weight is 267 g/mol. The van der Waals surface area contributed by atoms with E-state index in [0.29, 0.717) is 6.04 Å². The summed E-state index contributed by atoms with van der Waals surface area (Å²) >= 11 is 1.38. The fourth-order valence-corrected chi connectivity index (χ4v) is 3.45. The maximum absolute atomic E-state index is 11.7. The Morgan fingerprint density at radius 3 is 3.33 bits per heavy atom. The maximum Gasteiger partial charge on any atom is 0.224 e. The summed E-state index contributed by atoms with van der Waals surface area (Å²) in [6.45, 7) is 2.59. The van der Waals surface area contributed by atoms with E-state index in [9.17, 15) is 4.79 Å². The molecule has 6 nitrogen and oxygen atoms in total. The van der Waals surface area contributed by atoms with Gasteiger partial charge in [0.1, 0.15) is 10.7 Å². The van der Waals surface area contributed by atoms with E-state index in [2.05, 4.69) is 25.1 Å². The van der Waals surface area contributed by atoms with Crippen molar-refractivity contribution in [1.82, 2.24) is 19.8 Å². The highest BCUT2D eigenvalue weighted by Crippen LogP contribution is 2.29. The molecule has 2 saturated heterocycles. The third-order valence-electron chi connectivity index (χ3n) is 3.85. The van der Waals surface area contributed by atoms with Crippen LogP contribution in [-0.4, -0.2) is 46.6 Å². The second-order valence-electron chi connectivity index (χ2n) is 4.83. The molecule has 0 radical (unpaired) electrons. The number of piperidine rings is 1. The molecule has 3 heterocycles. The summed E-state index contributed by atoms with van der Waals surface area (Å²) in [6, 6.07) is 0.331. The van der Waals surface area contributed by atoms with Gasteiger partial charge in [-0.05, 0) is 19.4 Å². The van der Waals surface area contributed by atoms with E-state index in [1.165, 1.54) is 11.5 Å². The van der Waals surface area contributed by atoms with Crippen LogP contribution < -0.4 is 10.6 Å². The Labute approximate surface area is 110 Å². The van der Waals surface area contributed by atoms with Crippen LogP contribution in [0.2, 0.25) is 0 Å². The van der Waals surface area contributed by atoms with Crippen molar-refractivity contribution in [3.8, 4) is 0 Å².